The molecule has 4 rings (SSSR count). The Kier molecular flexibility index (Phi) is 4.42. The summed E-state index contributed by atoms with van der Waals surface area (Å²) in [6, 6.07) is 14.4. The first-order valence-electron chi connectivity index (χ1n) is 8.76. The number of aromatic amines is 1. The molecule has 0 unspecified atom stereocenters. The monoisotopic (exact) mass is 361 g/mol. The third-order valence-electron chi connectivity index (χ3n) is 4.72. The van der Waals surface area contributed by atoms with Gasteiger partial charge in [0.25, 0.3) is 11.8 Å². The Morgan fingerprint density at radius 1 is 1.04 bits per heavy atom. The Bertz CT molecular complexity index is 997. The molecular formula is C20H19N5O2. The van der Waals surface area contributed by atoms with Gasteiger partial charge in [-0.15, -0.1) is 0 Å². The van der Waals surface area contributed by atoms with Gasteiger partial charge in [-0.2, -0.15) is 15.4 Å². The van der Waals surface area contributed by atoms with Crippen molar-refractivity contribution in [1.82, 2.24) is 20.3 Å². The zero-order valence-corrected chi connectivity index (χ0v) is 14.9. The molecule has 2 N–H and O–H groups in total. The molecule has 0 saturated heterocycles. The quantitative estimate of drug-likeness (QED) is 0.750. The smallest absolute Gasteiger partial charge is 0.255 e. The summed E-state index contributed by atoms with van der Waals surface area (Å²) in [5.74, 6) is -0.285. The summed E-state index contributed by atoms with van der Waals surface area (Å²) in [4.78, 5) is 27.1. The second-order valence-electron chi connectivity index (χ2n) is 6.54. The lowest BCUT2D eigenvalue weighted by molar-refractivity contribution is 0.0731. The van der Waals surface area contributed by atoms with Crippen LogP contribution in [0.15, 0.2) is 48.5 Å². The summed E-state index contributed by atoms with van der Waals surface area (Å²) < 4.78 is 0. The molecule has 1 aromatic heterocycles. The van der Waals surface area contributed by atoms with Crippen LogP contribution in [0.4, 0.5) is 5.69 Å². The number of carbonyl (C=O) groups is 2. The van der Waals surface area contributed by atoms with Crippen LogP contribution in [0.5, 0.6) is 0 Å². The second-order valence-corrected chi connectivity index (χ2v) is 6.54. The Labute approximate surface area is 156 Å². The van der Waals surface area contributed by atoms with E-state index in [1.807, 2.05) is 31.2 Å². The van der Waals surface area contributed by atoms with E-state index in [2.05, 4.69) is 20.7 Å². The third kappa shape index (κ3) is 3.44. The van der Waals surface area contributed by atoms with Crippen molar-refractivity contribution in [1.29, 1.82) is 0 Å². The summed E-state index contributed by atoms with van der Waals surface area (Å²) in [5.41, 5.74) is 4.36. The number of aryl methyl sites for hydroxylation is 1. The van der Waals surface area contributed by atoms with Gasteiger partial charge in [-0.1, -0.05) is 24.3 Å². The summed E-state index contributed by atoms with van der Waals surface area (Å²) in [6.45, 7) is 2.93. The first kappa shape index (κ1) is 17.0. The zero-order valence-electron chi connectivity index (χ0n) is 14.9. The first-order chi connectivity index (χ1) is 13.1. The number of rotatable bonds is 3. The summed E-state index contributed by atoms with van der Waals surface area (Å²) in [6.07, 6.45) is 0.682. The molecule has 0 radical (unpaired) electrons. The average molecular weight is 361 g/mol. The van der Waals surface area contributed by atoms with E-state index in [9.17, 15) is 9.59 Å². The molecule has 7 nitrogen and oxygen atoms in total. The minimum absolute atomic E-state index is 0.0844. The molecule has 1 aliphatic heterocycles. The van der Waals surface area contributed by atoms with Gasteiger partial charge in [-0.25, -0.2) is 0 Å². The molecule has 7 heteroatoms. The van der Waals surface area contributed by atoms with Crippen LogP contribution in [0.1, 0.15) is 37.7 Å². The van der Waals surface area contributed by atoms with E-state index in [0.29, 0.717) is 36.3 Å². The topological polar surface area (TPSA) is 91.0 Å². The summed E-state index contributed by atoms with van der Waals surface area (Å²) >= 11 is 0. The number of nitrogens with one attached hydrogen (secondary N) is 2. The highest BCUT2D eigenvalue weighted by Gasteiger charge is 2.24. The van der Waals surface area contributed by atoms with E-state index in [4.69, 9.17) is 0 Å². The number of hydrogen-bond donors (Lipinski definition) is 2. The van der Waals surface area contributed by atoms with Crippen molar-refractivity contribution >= 4 is 17.5 Å². The summed E-state index contributed by atoms with van der Waals surface area (Å²) in [5, 5.41) is 13.7. The molecule has 0 fully saturated rings. The number of H-pyrrole nitrogens is 1. The molecule has 0 saturated carbocycles. The van der Waals surface area contributed by atoms with Gasteiger partial charge in [-0.3, -0.25) is 9.59 Å². The highest BCUT2D eigenvalue weighted by molar-refractivity contribution is 6.05. The number of aromatic nitrogens is 3. The van der Waals surface area contributed by atoms with Crippen molar-refractivity contribution in [3.05, 3.63) is 76.6 Å². The molecule has 27 heavy (non-hydrogen) atoms. The number of anilines is 1. The average Bonchev–Trinajstić information content (AvgIpc) is 3.17. The van der Waals surface area contributed by atoms with Gasteiger partial charge in [0.2, 0.25) is 0 Å². The Morgan fingerprint density at radius 3 is 2.63 bits per heavy atom. The lowest BCUT2D eigenvalue weighted by atomic mass is 10.1. The first-order valence-corrected chi connectivity index (χ1v) is 8.76. The standard InChI is InChI=1S/C20H19N5O2/c1-13-7-8-15(11-17(13)21-19(26)14-5-3-2-4-6-14)20(27)25-10-9-16-18(12-25)23-24-22-16/h2-8,11H,9-10,12H2,1H3,(H,21,26)(H,22,23,24). The molecule has 0 atom stereocenters. The van der Waals surface area contributed by atoms with E-state index >= 15 is 0 Å². The maximum absolute atomic E-state index is 12.9. The fourth-order valence-electron chi connectivity index (χ4n) is 3.13. The molecule has 1 aliphatic rings. The lowest BCUT2D eigenvalue weighted by Gasteiger charge is -2.25. The predicted molar refractivity (Wildman–Crippen MR) is 100 cm³/mol. The van der Waals surface area contributed by atoms with Crippen LogP contribution in [0.2, 0.25) is 0 Å². The van der Waals surface area contributed by atoms with Gasteiger partial charge >= 0.3 is 0 Å². The van der Waals surface area contributed by atoms with E-state index in [0.717, 1.165) is 17.0 Å². The number of hydrogen-bond acceptors (Lipinski definition) is 4. The van der Waals surface area contributed by atoms with Gasteiger partial charge < -0.3 is 10.2 Å². The SMILES string of the molecule is Cc1ccc(C(=O)N2CCc3n[nH]nc3C2)cc1NC(=O)c1ccccc1. The van der Waals surface area contributed by atoms with Crippen molar-refractivity contribution in [2.75, 3.05) is 11.9 Å². The molecule has 2 heterocycles. The van der Waals surface area contributed by atoms with E-state index in [-0.39, 0.29) is 11.8 Å². The van der Waals surface area contributed by atoms with Gasteiger partial charge in [0.05, 0.1) is 12.2 Å². The molecule has 0 aliphatic carbocycles. The second kappa shape index (κ2) is 7.03. The minimum atomic E-state index is -0.200. The largest absolute Gasteiger partial charge is 0.332 e. The molecule has 0 spiro atoms. The van der Waals surface area contributed by atoms with Crippen LogP contribution in [0.3, 0.4) is 0 Å². The molecule has 2 amide bonds. The van der Waals surface area contributed by atoms with Crippen molar-refractivity contribution in [3.63, 3.8) is 0 Å². The van der Waals surface area contributed by atoms with Crippen molar-refractivity contribution in [2.45, 2.75) is 19.9 Å². The highest BCUT2D eigenvalue weighted by atomic mass is 16.2. The van der Waals surface area contributed by atoms with Gasteiger partial charge in [-0.05, 0) is 36.8 Å². The van der Waals surface area contributed by atoms with E-state index in [1.165, 1.54) is 0 Å². The maximum atomic E-state index is 12.9. The van der Waals surface area contributed by atoms with Crippen LogP contribution in [-0.4, -0.2) is 38.7 Å². The molecule has 136 valence electrons. The Morgan fingerprint density at radius 2 is 1.81 bits per heavy atom. The fourth-order valence-corrected chi connectivity index (χ4v) is 3.13. The molecule has 3 aromatic rings. The van der Waals surface area contributed by atoms with Crippen LogP contribution in [0, 0.1) is 6.92 Å². The highest BCUT2D eigenvalue weighted by Crippen LogP contribution is 2.21. The zero-order chi connectivity index (χ0) is 18.8. The van der Waals surface area contributed by atoms with Gasteiger partial charge in [0.15, 0.2) is 0 Å². The fraction of sp³-hybridized carbons (Fsp3) is 0.200. The number of fused-ring (bicyclic) bond motifs is 1. The van der Waals surface area contributed by atoms with Gasteiger partial charge in [0, 0.05) is 29.8 Å². The maximum Gasteiger partial charge on any atom is 0.255 e. The molecule has 0 bridgehead atoms. The number of nitrogens with zero attached hydrogens (tertiary/aromatic N) is 3. The van der Waals surface area contributed by atoms with Crippen molar-refractivity contribution in [3.8, 4) is 0 Å². The number of amides is 2. The molecule has 2 aromatic carbocycles. The van der Waals surface area contributed by atoms with Crippen LogP contribution in [0.25, 0.3) is 0 Å². The predicted octanol–water partition coefficient (Wildman–Crippen LogP) is 2.56. The van der Waals surface area contributed by atoms with Crippen LogP contribution in [-0.2, 0) is 13.0 Å². The summed E-state index contributed by atoms with van der Waals surface area (Å²) in [7, 11) is 0. The minimum Gasteiger partial charge on any atom is -0.332 e. The van der Waals surface area contributed by atoms with Crippen LogP contribution >= 0.6 is 0 Å². The third-order valence-corrected chi connectivity index (χ3v) is 4.72. The Hall–Kier alpha value is -3.48. The normalized spacial score (nSPS) is 13.1. The van der Waals surface area contributed by atoms with Crippen molar-refractivity contribution in [2.24, 2.45) is 0 Å². The van der Waals surface area contributed by atoms with Gasteiger partial charge in [0.1, 0.15) is 5.69 Å². The van der Waals surface area contributed by atoms with E-state index in [1.54, 1.807) is 29.2 Å². The number of carbonyl (C=O) groups excluding carboxylic acids is 2. The van der Waals surface area contributed by atoms with Crippen molar-refractivity contribution < 1.29 is 9.59 Å². The van der Waals surface area contributed by atoms with Crippen LogP contribution < -0.4 is 5.32 Å². The Balaban J connectivity index is 1.53. The number of benzene rings is 2. The molecular weight excluding hydrogens is 342 g/mol. The lowest BCUT2D eigenvalue weighted by Crippen LogP contribution is -2.36. The van der Waals surface area contributed by atoms with E-state index < -0.39 is 0 Å².